The average Bonchev–Trinajstić information content (AvgIpc) is 2.96. The molecule has 3 heteroatoms. The summed E-state index contributed by atoms with van der Waals surface area (Å²) >= 11 is 0. The Bertz CT molecular complexity index is 242. The van der Waals surface area contributed by atoms with Crippen LogP contribution in [-0.4, -0.2) is 61.7 Å². The van der Waals surface area contributed by atoms with Gasteiger partial charge in [0.15, 0.2) is 0 Å². The maximum atomic E-state index is 3.58. The van der Waals surface area contributed by atoms with Crippen LogP contribution >= 0.6 is 0 Å². The molecule has 2 unspecified atom stereocenters. The van der Waals surface area contributed by atoms with Crippen molar-refractivity contribution in [3.05, 3.63) is 0 Å². The van der Waals surface area contributed by atoms with Crippen LogP contribution in [0.25, 0.3) is 0 Å². The van der Waals surface area contributed by atoms with E-state index < -0.39 is 0 Å². The molecule has 0 amide bonds. The molecule has 18 heavy (non-hydrogen) atoms. The molecule has 3 nitrogen and oxygen atoms in total. The van der Waals surface area contributed by atoms with Crippen molar-refractivity contribution in [1.29, 1.82) is 0 Å². The predicted octanol–water partition coefficient (Wildman–Crippen LogP) is 1.65. The second-order valence-corrected chi connectivity index (χ2v) is 6.53. The molecule has 2 aliphatic heterocycles. The molecule has 2 atom stereocenters. The van der Waals surface area contributed by atoms with E-state index in [1.54, 1.807) is 0 Å². The van der Waals surface area contributed by atoms with Crippen LogP contribution in [0, 0.1) is 11.8 Å². The molecule has 0 radical (unpaired) electrons. The second kappa shape index (κ2) is 6.88. The lowest BCUT2D eigenvalue weighted by Gasteiger charge is -2.21. The average molecular weight is 253 g/mol. The van der Waals surface area contributed by atoms with E-state index in [2.05, 4.69) is 35.9 Å². The summed E-state index contributed by atoms with van der Waals surface area (Å²) in [4.78, 5) is 5.30. The summed E-state index contributed by atoms with van der Waals surface area (Å²) in [6.45, 7) is 15.9. The summed E-state index contributed by atoms with van der Waals surface area (Å²) in [5.74, 6) is 1.82. The predicted molar refractivity (Wildman–Crippen MR) is 77.9 cm³/mol. The van der Waals surface area contributed by atoms with Gasteiger partial charge in [0.25, 0.3) is 0 Å². The van der Waals surface area contributed by atoms with Crippen molar-refractivity contribution in [3.63, 3.8) is 0 Å². The molecule has 0 aromatic heterocycles. The van der Waals surface area contributed by atoms with E-state index in [1.165, 1.54) is 58.7 Å². The first-order valence-electron chi connectivity index (χ1n) is 7.85. The third-order valence-corrected chi connectivity index (χ3v) is 4.52. The lowest BCUT2D eigenvalue weighted by molar-refractivity contribution is 0.259. The molecule has 0 aliphatic carbocycles. The summed E-state index contributed by atoms with van der Waals surface area (Å²) in [7, 11) is 0. The van der Waals surface area contributed by atoms with Crippen LogP contribution < -0.4 is 5.32 Å². The van der Waals surface area contributed by atoms with E-state index >= 15 is 0 Å². The molecule has 2 saturated heterocycles. The quantitative estimate of drug-likeness (QED) is 0.776. The number of rotatable bonds is 6. The third kappa shape index (κ3) is 4.22. The minimum absolute atomic E-state index is 0.631. The highest BCUT2D eigenvalue weighted by Crippen LogP contribution is 2.21. The zero-order valence-corrected chi connectivity index (χ0v) is 12.5. The topological polar surface area (TPSA) is 18.5 Å². The highest BCUT2D eigenvalue weighted by Gasteiger charge is 2.27. The summed E-state index contributed by atoms with van der Waals surface area (Å²) in [5, 5.41) is 3.58. The van der Waals surface area contributed by atoms with Crippen molar-refractivity contribution in [2.75, 3.05) is 45.8 Å². The van der Waals surface area contributed by atoms with Crippen molar-refractivity contribution in [3.8, 4) is 0 Å². The van der Waals surface area contributed by atoms with Gasteiger partial charge in [-0.2, -0.15) is 0 Å². The number of hydrogen-bond acceptors (Lipinski definition) is 3. The minimum Gasteiger partial charge on any atom is -0.314 e. The van der Waals surface area contributed by atoms with Crippen molar-refractivity contribution >= 4 is 0 Å². The van der Waals surface area contributed by atoms with Crippen LogP contribution in [0.1, 0.15) is 33.6 Å². The van der Waals surface area contributed by atoms with Gasteiger partial charge in [0.2, 0.25) is 0 Å². The van der Waals surface area contributed by atoms with E-state index in [1.807, 2.05) is 0 Å². The summed E-state index contributed by atoms with van der Waals surface area (Å²) in [6.07, 6.45) is 2.81. The van der Waals surface area contributed by atoms with Crippen LogP contribution in [0.2, 0.25) is 0 Å². The maximum absolute atomic E-state index is 3.58. The number of likely N-dealkylation sites (tertiary alicyclic amines) is 2. The molecule has 2 heterocycles. The summed E-state index contributed by atoms with van der Waals surface area (Å²) < 4.78 is 0. The normalized spacial score (nSPS) is 30.7. The van der Waals surface area contributed by atoms with E-state index in [0.717, 1.165) is 11.8 Å². The smallest absolute Gasteiger partial charge is 0.00225 e. The van der Waals surface area contributed by atoms with Crippen LogP contribution in [0.15, 0.2) is 0 Å². The highest BCUT2D eigenvalue weighted by molar-refractivity contribution is 4.83. The van der Waals surface area contributed by atoms with E-state index in [9.17, 15) is 0 Å². The van der Waals surface area contributed by atoms with Gasteiger partial charge >= 0.3 is 0 Å². The van der Waals surface area contributed by atoms with Gasteiger partial charge in [0.1, 0.15) is 0 Å². The first kappa shape index (κ1) is 14.3. The fraction of sp³-hybridized carbons (Fsp3) is 1.00. The van der Waals surface area contributed by atoms with E-state index in [-0.39, 0.29) is 0 Å². The van der Waals surface area contributed by atoms with Crippen LogP contribution in [-0.2, 0) is 0 Å². The Morgan fingerprint density at radius 1 is 1.06 bits per heavy atom. The fourth-order valence-corrected chi connectivity index (χ4v) is 3.36. The zero-order valence-electron chi connectivity index (χ0n) is 12.5. The Balaban J connectivity index is 1.64. The van der Waals surface area contributed by atoms with E-state index in [4.69, 9.17) is 0 Å². The lowest BCUT2D eigenvalue weighted by atomic mass is 10.1. The minimum atomic E-state index is 0.631. The largest absolute Gasteiger partial charge is 0.314 e. The number of hydrogen-bond donors (Lipinski definition) is 1. The molecule has 106 valence electrons. The Hall–Kier alpha value is -0.120. The van der Waals surface area contributed by atoms with Crippen molar-refractivity contribution in [2.24, 2.45) is 11.8 Å². The summed E-state index contributed by atoms with van der Waals surface area (Å²) in [6, 6.07) is 0.631. The molecule has 2 fully saturated rings. The first-order valence-corrected chi connectivity index (χ1v) is 7.85. The number of nitrogens with zero attached hydrogens (tertiary/aromatic N) is 2. The van der Waals surface area contributed by atoms with Crippen LogP contribution in [0.4, 0.5) is 0 Å². The Morgan fingerprint density at radius 3 is 2.39 bits per heavy atom. The van der Waals surface area contributed by atoms with Crippen molar-refractivity contribution in [2.45, 2.75) is 39.7 Å². The lowest BCUT2D eigenvalue weighted by Crippen LogP contribution is -2.33. The van der Waals surface area contributed by atoms with Gasteiger partial charge in [-0.1, -0.05) is 20.8 Å². The SMILES string of the molecule is CCN1CCC(CN2CCC(CNC(C)C)C2)C1. The highest BCUT2D eigenvalue weighted by atomic mass is 15.2. The maximum Gasteiger partial charge on any atom is 0.00225 e. The van der Waals surface area contributed by atoms with Gasteiger partial charge in [0, 0.05) is 25.7 Å². The Labute approximate surface area is 113 Å². The molecule has 0 spiro atoms. The summed E-state index contributed by atoms with van der Waals surface area (Å²) in [5.41, 5.74) is 0. The molecule has 0 bridgehead atoms. The Morgan fingerprint density at radius 2 is 1.72 bits per heavy atom. The third-order valence-electron chi connectivity index (χ3n) is 4.52. The first-order chi connectivity index (χ1) is 8.67. The van der Waals surface area contributed by atoms with Gasteiger partial charge in [-0.25, -0.2) is 0 Å². The van der Waals surface area contributed by atoms with Crippen LogP contribution in [0.5, 0.6) is 0 Å². The Kier molecular flexibility index (Phi) is 5.46. The molecular formula is C15H31N3. The fourth-order valence-electron chi connectivity index (χ4n) is 3.36. The molecule has 0 aromatic rings. The van der Waals surface area contributed by atoms with Gasteiger partial charge < -0.3 is 15.1 Å². The molecule has 0 aromatic carbocycles. The van der Waals surface area contributed by atoms with Gasteiger partial charge in [-0.3, -0.25) is 0 Å². The molecular weight excluding hydrogens is 222 g/mol. The van der Waals surface area contributed by atoms with Crippen molar-refractivity contribution < 1.29 is 0 Å². The monoisotopic (exact) mass is 253 g/mol. The van der Waals surface area contributed by atoms with Gasteiger partial charge in [0.05, 0.1) is 0 Å². The number of nitrogens with one attached hydrogen (secondary N) is 1. The van der Waals surface area contributed by atoms with E-state index in [0.29, 0.717) is 6.04 Å². The standard InChI is InChI=1S/C15H31N3/c1-4-17-7-6-15(11-17)12-18-8-5-14(10-18)9-16-13(2)3/h13-16H,4-12H2,1-3H3. The molecule has 0 saturated carbocycles. The zero-order chi connectivity index (χ0) is 13.0. The van der Waals surface area contributed by atoms with Crippen LogP contribution in [0.3, 0.4) is 0 Å². The molecule has 1 N–H and O–H groups in total. The van der Waals surface area contributed by atoms with Crippen molar-refractivity contribution in [1.82, 2.24) is 15.1 Å². The molecule has 2 aliphatic rings. The van der Waals surface area contributed by atoms with Gasteiger partial charge in [-0.15, -0.1) is 0 Å². The molecule has 2 rings (SSSR count). The van der Waals surface area contributed by atoms with Gasteiger partial charge in [-0.05, 0) is 50.9 Å². The second-order valence-electron chi connectivity index (χ2n) is 6.53.